The first-order chi connectivity index (χ1) is 16.2. The minimum atomic E-state index is -3.79. The predicted octanol–water partition coefficient (Wildman–Crippen LogP) is 4.31. The van der Waals surface area contributed by atoms with E-state index in [0.29, 0.717) is 31.4 Å². The van der Waals surface area contributed by atoms with Crippen molar-refractivity contribution in [2.24, 2.45) is 5.92 Å². The molecule has 184 valence electrons. The molecule has 4 atom stereocenters. The third-order valence-corrected chi connectivity index (χ3v) is 9.32. The van der Waals surface area contributed by atoms with Crippen LogP contribution in [0.1, 0.15) is 54.0 Å². The summed E-state index contributed by atoms with van der Waals surface area (Å²) in [6, 6.07) is 10.7. The quantitative estimate of drug-likeness (QED) is 0.581. The van der Waals surface area contributed by atoms with Crippen LogP contribution in [0.5, 0.6) is 0 Å². The van der Waals surface area contributed by atoms with Crippen LogP contribution in [-0.2, 0) is 30.8 Å². The molecule has 0 radical (unpaired) electrons. The fourth-order valence-electron chi connectivity index (χ4n) is 5.01. The van der Waals surface area contributed by atoms with Crippen molar-refractivity contribution >= 4 is 16.0 Å². The number of carbonyl (C=O) groups is 1. The lowest BCUT2D eigenvalue weighted by molar-refractivity contribution is -0.149. The zero-order valence-electron chi connectivity index (χ0n) is 19.2. The molecule has 0 aromatic heterocycles. The second kappa shape index (κ2) is 10.1. The molecule has 9 heteroatoms. The summed E-state index contributed by atoms with van der Waals surface area (Å²) in [7, 11) is -2.52. The molecule has 0 saturated carbocycles. The smallest absolute Gasteiger partial charge is 0.309 e. The van der Waals surface area contributed by atoms with Gasteiger partial charge >= 0.3 is 5.97 Å². The summed E-state index contributed by atoms with van der Waals surface area (Å²) in [5, 5.41) is -0.725. The van der Waals surface area contributed by atoms with Gasteiger partial charge in [-0.15, -0.1) is 0 Å². The van der Waals surface area contributed by atoms with E-state index in [0.717, 1.165) is 12.1 Å². The van der Waals surface area contributed by atoms with E-state index in [2.05, 4.69) is 0 Å². The summed E-state index contributed by atoms with van der Waals surface area (Å²) < 4.78 is 68.8. The first-order valence-electron chi connectivity index (χ1n) is 11.4. The molecule has 0 bridgehead atoms. The molecule has 2 fully saturated rings. The van der Waals surface area contributed by atoms with Gasteiger partial charge in [0.1, 0.15) is 16.9 Å². The number of halogens is 2. The van der Waals surface area contributed by atoms with Crippen LogP contribution < -0.4 is 0 Å². The van der Waals surface area contributed by atoms with Crippen molar-refractivity contribution in [1.82, 2.24) is 4.31 Å². The minimum Gasteiger partial charge on any atom is -0.469 e. The zero-order valence-corrected chi connectivity index (χ0v) is 20.1. The van der Waals surface area contributed by atoms with Crippen LogP contribution in [0.3, 0.4) is 0 Å². The molecule has 0 spiro atoms. The Morgan fingerprint density at radius 2 is 1.85 bits per heavy atom. The number of methoxy groups -OCH3 is 1. The Hall–Kier alpha value is -2.36. The average Bonchev–Trinajstić information content (AvgIpc) is 2.83. The van der Waals surface area contributed by atoms with Crippen LogP contribution in [0, 0.1) is 17.6 Å². The van der Waals surface area contributed by atoms with Gasteiger partial charge in [0, 0.05) is 30.7 Å². The Morgan fingerprint density at radius 3 is 2.56 bits per heavy atom. The van der Waals surface area contributed by atoms with Crippen molar-refractivity contribution in [2.75, 3.05) is 20.3 Å². The van der Waals surface area contributed by atoms with Gasteiger partial charge in [-0.25, -0.2) is 17.2 Å². The Kier molecular flexibility index (Phi) is 7.35. The van der Waals surface area contributed by atoms with Gasteiger partial charge in [-0.05, 0) is 49.4 Å². The highest BCUT2D eigenvalue weighted by atomic mass is 32.2. The Balaban J connectivity index is 1.62. The SMILES string of the molecule is COC(=O)[C@H]1CCOC[C@@H]1c1cc(F)c(CN2[C@@H](C)CC[C@H](c3ccccc3)S2(=O)=O)cc1F. The summed E-state index contributed by atoms with van der Waals surface area (Å²) >= 11 is 0. The molecular weight excluding hydrogens is 464 g/mol. The Labute approximate surface area is 198 Å². The van der Waals surface area contributed by atoms with Gasteiger partial charge in [0.2, 0.25) is 10.0 Å². The van der Waals surface area contributed by atoms with Crippen LogP contribution in [0.4, 0.5) is 8.78 Å². The summed E-state index contributed by atoms with van der Waals surface area (Å²) in [4.78, 5) is 12.2. The maximum Gasteiger partial charge on any atom is 0.309 e. The van der Waals surface area contributed by atoms with Crippen molar-refractivity contribution in [2.45, 2.75) is 49.9 Å². The number of carbonyl (C=O) groups excluding carboxylic acids is 1. The van der Waals surface area contributed by atoms with E-state index in [-0.39, 0.29) is 30.3 Å². The molecular formula is C25H29F2NO5S. The molecule has 2 aromatic carbocycles. The van der Waals surface area contributed by atoms with Crippen molar-refractivity contribution in [3.05, 3.63) is 70.8 Å². The molecule has 2 aliphatic rings. The van der Waals surface area contributed by atoms with E-state index >= 15 is 8.78 Å². The number of hydrogen-bond acceptors (Lipinski definition) is 5. The highest BCUT2D eigenvalue weighted by Gasteiger charge is 2.41. The van der Waals surface area contributed by atoms with Gasteiger partial charge in [-0.1, -0.05) is 30.3 Å². The highest BCUT2D eigenvalue weighted by molar-refractivity contribution is 7.89. The lowest BCUT2D eigenvalue weighted by Crippen LogP contribution is -2.44. The van der Waals surface area contributed by atoms with Gasteiger partial charge in [0.15, 0.2) is 0 Å². The number of nitrogens with zero attached hydrogens (tertiary/aromatic N) is 1. The summed E-state index contributed by atoms with van der Waals surface area (Å²) in [6.45, 7) is 1.93. The zero-order chi connectivity index (χ0) is 24.5. The highest BCUT2D eigenvalue weighted by Crippen LogP contribution is 2.39. The standard InChI is InChI=1S/C25H29F2NO5S/c1-16-8-9-24(17-6-4-3-5-7-17)34(30,31)28(16)14-18-12-23(27)20(13-22(18)26)21-15-33-11-10-19(21)25(29)32-2/h3-7,12-13,16,19,21,24H,8-11,14-15H2,1-2H3/t16-,19-,21-,24+/m0/s1. The summed E-state index contributed by atoms with van der Waals surface area (Å²) in [5.74, 6) is -3.20. The maximum atomic E-state index is 15.2. The van der Waals surface area contributed by atoms with E-state index in [4.69, 9.17) is 9.47 Å². The molecule has 0 amide bonds. The molecule has 6 nitrogen and oxygen atoms in total. The van der Waals surface area contributed by atoms with E-state index in [1.54, 1.807) is 31.2 Å². The van der Waals surface area contributed by atoms with Crippen LogP contribution in [0.2, 0.25) is 0 Å². The van der Waals surface area contributed by atoms with Gasteiger partial charge in [0.05, 0.1) is 19.6 Å². The molecule has 2 aliphatic heterocycles. The monoisotopic (exact) mass is 493 g/mol. The Bertz CT molecular complexity index is 1140. The lowest BCUT2D eigenvalue weighted by Gasteiger charge is -2.37. The minimum absolute atomic E-state index is 0.0352. The Morgan fingerprint density at radius 1 is 1.12 bits per heavy atom. The normalized spacial score (nSPS) is 27.3. The molecule has 0 unspecified atom stereocenters. The molecule has 2 saturated heterocycles. The van der Waals surface area contributed by atoms with E-state index in [1.165, 1.54) is 11.4 Å². The van der Waals surface area contributed by atoms with Crippen LogP contribution in [0.25, 0.3) is 0 Å². The van der Waals surface area contributed by atoms with Crippen molar-refractivity contribution in [3.8, 4) is 0 Å². The average molecular weight is 494 g/mol. The van der Waals surface area contributed by atoms with Crippen LogP contribution in [-0.4, -0.2) is 45.1 Å². The van der Waals surface area contributed by atoms with Gasteiger partial charge in [-0.2, -0.15) is 4.31 Å². The van der Waals surface area contributed by atoms with E-state index in [9.17, 15) is 13.2 Å². The van der Waals surface area contributed by atoms with Gasteiger partial charge in [0.25, 0.3) is 0 Å². The van der Waals surface area contributed by atoms with Gasteiger partial charge < -0.3 is 9.47 Å². The largest absolute Gasteiger partial charge is 0.469 e. The molecule has 34 heavy (non-hydrogen) atoms. The maximum absolute atomic E-state index is 15.2. The number of sulfonamides is 1. The number of esters is 1. The molecule has 0 aliphatic carbocycles. The fraction of sp³-hybridized carbons (Fsp3) is 0.480. The third-order valence-electron chi connectivity index (χ3n) is 6.95. The second-order valence-corrected chi connectivity index (χ2v) is 11.0. The summed E-state index contributed by atoms with van der Waals surface area (Å²) in [5.41, 5.74) is 0.678. The second-order valence-electron chi connectivity index (χ2n) is 8.98. The first-order valence-corrected chi connectivity index (χ1v) is 12.9. The summed E-state index contributed by atoms with van der Waals surface area (Å²) in [6.07, 6.45) is 1.43. The van der Waals surface area contributed by atoms with Crippen LogP contribution >= 0.6 is 0 Å². The van der Waals surface area contributed by atoms with Crippen molar-refractivity contribution in [1.29, 1.82) is 0 Å². The van der Waals surface area contributed by atoms with E-state index < -0.39 is 44.7 Å². The number of benzene rings is 2. The third kappa shape index (κ3) is 4.74. The molecule has 2 aromatic rings. The van der Waals surface area contributed by atoms with Gasteiger partial charge in [-0.3, -0.25) is 4.79 Å². The number of hydrogen-bond donors (Lipinski definition) is 0. The lowest BCUT2D eigenvalue weighted by atomic mass is 9.82. The van der Waals surface area contributed by atoms with Crippen LogP contribution in [0.15, 0.2) is 42.5 Å². The first kappa shape index (κ1) is 24.8. The molecule has 2 heterocycles. The van der Waals surface area contributed by atoms with Crippen molar-refractivity contribution < 1.29 is 31.5 Å². The van der Waals surface area contributed by atoms with E-state index in [1.807, 2.05) is 6.07 Å². The predicted molar refractivity (Wildman–Crippen MR) is 122 cm³/mol. The number of rotatable bonds is 5. The topological polar surface area (TPSA) is 72.9 Å². The molecule has 4 rings (SSSR count). The fourth-order valence-corrected chi connectivity index (χ4v) is 7.19. The van der Waals surface area contributed by atoms with Crippen molar-refractivity contribution in [3.63, 3.8) is 0 Å². The molecule has 0 N–H and O–H groups in total. The number of ether oxygens (including phenoxy) is 2.